The van der Waals surface area contributed by atoms with Crippen LogP contribution in [0.3, 0.4) is 0 Å². The van der Waals surface area contributed by atoms with Gasteiger partial charge in [0.05, 0.1) is 11.5 Å². The van der Waals surface area contributed by atoms with E-state index in [1.54, 1.807) is 0 Å². The van der Waals surface area contributed by atoms with Gasteiger partial charge in [0.15, 0.2) is 0 Å². The molecule has 1 N–H and O–H groups in total. The Morgan fingerprint density at radius 2 is 1.85 bits per heavy atom. The fourth-order valence-electron chi connectivity index (χ4n) is 4.61. The van der Waals surface area contributed by atoms with Crippen molar-refractivity contribution in [2.24, 2.45) is 11.8 Å². The molecular weight excluding hydrogens is 336 g/mol. The summed E-state index contributed by atoms with van der Waals surface area (Å²) in [6.07, 6.45) is 8.20. The molecular formula is C23H34N2O2. The lowest BCUT2D eigenvalue weighted by Crippen LogP contribution is -2.53. The summed E-state index contributed by atoms with van der Waals surface area (Å²) in [5.74, 6) is 0.280. The molecule has 1 heterocycles. The minimum atomic E-state index is -0.237. The van der Waals surface area contributed by atoms with Gasteiger partial charge in [-0.2, -0.15) is 0 Å². The highest BCUT2D eigenvalue weighted by molar-refractivity contribution is 5.82. The third kappa shape index (κ3) is 4.53. The van der Waals surface area contributed by atoms with E-state index in [1.807, 2.05) is 24.8 Å². The first-order valence-electron chi connectivity index (χ1n) is 10.7. The van der Waals surface area contributed by atoms with E-state index in [1.165, 1.54) is 12.0 Å². The van der Waals surface area contributed by atoms with E-state index >= 15 is 0 Å². The van der Waals surface area contributed by atoms with Crippen LogP contribution >= 0.6 is 0 Å². The number of hydrogen-bond donors (Lipinski definition) is 1. The Morgan fingerprint density at radius 1 is 1.15 bits per heavy atom. The molecule has 2 unspecified atom stereocenters. The van der Waals surface area contributed by atoms with Crippen LogP contribution in [0.5, 0.6) is 0 Å². The lowest BCUT2D eigenvalue weighted by Gasteiger charge is -2.41. The van der Waals surface area contributed by atoms with Crippen molar-refractivity contribution >= 4 is 11.8 Å². The Bertz CT molecular complexity index is 637. The lowest BCUT2D eigenvalue weighted by atomic mass is 9.76. The highest BCUT2D eigenvalue weighted by atomic mass is 16.2. The quantitative estimate of drug-likeness (QED) is 0.842. The van der Waals surface area contributed by atoms with Crippen LogP contribution in [0, 0.1) is 11.8 Å². The molecule has 1 aliphatic carbocycles. The summed E-state index contributed by atoms with van der Waals surface area (Å²) in [7, 11) is 0. The number of amides is 2. The average molecular weight is 371 g/mol. The van der Waals surface area contributed by atoms with E-state index in [2.05, 4.69) is 29.6 Å². The average Bonchev–Trinajstić information content (AvgIpc) is 2.74. The van der Waals surface area contributed by atoms with Gasteiger partial charge in [0.2, 0.25) is 11.8 Å². The molecule has 0 radical (unpaired) electrons. The number of likely N-dealkylation sites (tertiary alicyclic amines) is 1. The van der Waals surface area contributed by atoms with Crippen LogP contribution in [-0.2, 0) is 15.1 Å². The summed E-state index contributed by atoms with van der Waals surface area (Å²) in [4.78, 5) is 27.7. The van der Waals surface area contributed by atoms with Crippen LogP contribution in [0.1, 0.15) is 70.8 Å². The fourth-order valence-corrected chi connectivity index (χ4v) is 4.61. The molecule has 4 nitrogen and oxygen atoms in total. The van der Waals surface area contributed by atoms with Gasteiger partial charge >= 0.3 is 0 Å². The van der Waals surface area contributed by atoms with Crippen LogP contribution in [-0.4, -0.2) is 29.8 Å². The topological polar surface area (TPSA) is 49.4 Å². The molecule has 1 aromatic rings. The van der Waals surface area contributed by atoms with Gasteiger partial charge in [-0.3, -0.25) is 9.59 Å². The predicted octanol–water partition coefficient (Wildman–Crippen LogP) is 4.25. The number of hydrogen-bond acceptors (Lipinski definition) is 2. The molecule has 0 aromatic heterocycles. The van der Waals surface area contributed by atoms with Crippen molar-refractivity contribution in [1.29, 1.82) is 0 Å². The maximum atomic E-state index is 13.2. The van der Waals surface area contributed by atoms with Gasteiger partial charge in [-0.05, 0) is 37.7 Å². The second-order valence-corrected chi connectivity index (χ2v) is 8.43. The summed E-state index contributed by atoms with van der Waals surface area (Å²) in [5.41, 5.74) is 0.987. The number of benzene rings is 1. The number of rotatable bonds is 5. The first-order chi connectivity index (χ1) is 13.1. The van der Waals surface area contributed by atoms with Gasteiger partial charge in [-0.15, -0.1) is 0 Å². The van der Waals surface area contributed by atoms with Crippen molar-refractivity contribution in [3.8, 4) is 0 Å². The number of nitrogens with zero attached hydrogens (tertiary/aromatic N) is 1. The van der Waals surface area contributed by atoms with E-state index in [4.69, 9.17) is 0 Å². The molecule has 2 aliphatic rings. The van der Waals surface area contributed by atoms with Crippen molar-refractivity contribution in [2.45, 2.75) is 70.8 Å². The van der Waals surface area contributed by atoms with Crippen LogP contribution in [0.2, 0.25) is 0 Å². The maximum absolute atomic E-state index is 13.2. The second kappa shape index (κ2) is 8.90. The molecule has 0 spiro atoms. The molecule has 2 amide bonds. The largest absolute Gasteiger partial charge is 0.346 e. The maximum Gasteiger partial charge on any atom is 0.225 e. The Kier molecular flexibility index (Phi) is 6.56. The molecule has 0 bridgehead atoms. The van der Waals surface area contributed by atoms with Gasteiger partial charge in [-0.25, -0.2) is 0 Å². The second-order valence-electron chi connectivity index (χ2n) is 8.43. The van der Waals surface area contributed by atoms with E-state index in [0.717, 1.165) is 51.5 Å². The number of carbonyl (C=O) groups excluding carboxylic acids is 2. The Labute approximate surface area is 163 Å². The molecule has 4 heteroatoms. The smallest absolute Gasteiger partial charge is 0.225 e. The lowest BCUT2D eigenvalue weighted by molar-refractivity contribution is -0.139. The number of carbonyl (C=O) groups is 2. The van der Waals surface area contributed by atoms with Crippen molar-refractivity contribution in [3.63, 3.8) is 0 Å². The zero-order valence-corrected chi connectivity index (χ0v) is 16.9. The molecule has 1 saturated heterocycles. The van der Waals surface area contributed by atoms with Crippen molar-refractivity contribution in [1.82, 2.24) is 10.2 Å². The van der Waals surface area contributed by atoms with Crippen LogP contribution in [0.25, 0.3) is 0 Å². The standard InChI is InChI=1S/C23H34N2O2/c1-3-18(2)22(27)25-16-10-11-19(17-25)21(26)24-23(14-8-5-9-15-23)20-12-6-4-7-13-20/h4,6-7,12-13,18-19H,3,5,8-11,14-17H2,1-2H3,(H,24,26). The van der Waals surface area contributed by atoms with E-state index < -0.39 is 0 Å². The zero-order chi connectivity index (χ0) is 19.3. The third-order valence-electron chi connectivity index (χ3n) is 6.53. The summed E-state index contributed by atoms with van der Waals surface area (Å²) in [5, 5.41) is 3.44. The minimum absolute atomic E-state index is 0.0424. The number of nitrogens with one attached hydrogen (secondary N) is 1. The monoisotopic (exact) mass is 370 g/mol. The molecule has 1 aliphatic heterocycles. The van der Waals surface area contributed by atoms with Crippen LogP contribution in [0.4, 0.5) is 0 Å². The van der Waals surface area contributed by atoms with Gasteiger partial charge in [0.1, 0.15) is 0 Å². The summed E-state index contributed by atoms with van der Waals surface area (Å²) in [6, 6.07) is 10.4. The highest BCUT2D eigenvalue weighted by Gasteiger charge is 2.38. The van der Waals surface area contributed by atoms with Crippen LogP contribution < -0.4 is 5.32 Å². The van der Waals surface area contributed by atoms with E-state index in [-0.39, 0.29) is 29.2 Å². The van der Waals surface area contributed by atoms with E-state index in [0.29, 0.717) is 6.54 Å². The van der Waals surface area contributed by atoms with E-state index in [9.17, 15) is 9.59 Å². The number of piperidine rings is 1. The summed E-state index contributed by atoms with van der Waals surface area (Å²) >= 11 is 0. The van der Waals surface area contributed by atoms with Crippen LogP contribution in [0.15, 0.2) is 30.3 Å². The Hall–Kier alpha value is -1.84. The molecule has 2 fully saturated rings. The fraction of sp³-hybridized carbons (Fsp3) is 0.652. The molecule has 27 heavy (non-hydrogen) atoms. The highest BCUT2D eigenvalue weighted by Crippen LogP contribution is 2.37. The predicted molar refractivity (Wildman–Crippen MR) is 108 cm³/mol. The van der Waals surface area contributed by atoms with Gasteiger partial charge in [0.25, 0.3) is 0 Å². The minimum Gasteiger partial charge on any atom is -0.346 e. The van der Waals surface area contributed by atoms with Gasteiger partial charge < -0.3 is 10.2 Å². The molecule has 1 aromatic carbocycles. The normalized spacial score (nSPS) is 23.5. The SMILES string of the molecule is CCC(C)C(=O)N1CCCC(C(=O)NC2(c3ccccc3)CCCCC2)C1. The van der Waals surface area contributed by atoms with Crippen molar-refractivity contribution in [2.75, 3.05) is 13.1 Å². The van der Waals surface area contributed by atoms with Crippen molar-refractivity contribution in [3.05, 3.63) is 35.9 Å². The first-order valence-corrected chi connectivity index (χ1v) is 10.7. The first kappa shape index (κ1) is 19.9. The molecule has 1 saturated carbocycles. The summed E-state index contributed by atoms with van der Waals surface area (Å²) in [6.45, 7) is 5.39. The van der Waals surface area contributed by atoms with Gasteiger partial charge in [0, 0.05) is 19.0 Å². The Balaban J connectivity index is 1.71. The Morgan fingerprint density at radius 3 is 2.52 bits per heavy atom. The third-order valence-corrected chi connectivity index (χ3v) is 6.53. The molecule has 148 valence electrons. The summed E-state index contributed by atoms with van der Waals surface area (Å²) < 4.78 is 0. The van der Waals surface area contributed by atoms with Gasteiger partial charge in [-0.1, -0.05) is 63.4 Å². The molecule has 2 atom stereocenters. The van der Waals surface area contributed by atoms with Crippen molar-refractivity contribution < 1.29 is 9.59 Å². The molecule has 3 rings (SSSR count). The zero-order valence-electron chi connectivity index (χ0n) is 16.9.